The van der Waals surface area contributed by atoms with Crippen LogP contribution in [0.1, 0.15) is 58.9 Å². The molecule has 3 aromatic rings. The van der Waals surface area contributed by atoms with E-state index in [9.17, 15) is 29.7 Å². The molecule has 0 amide bonds. The van der Waals surface area contributed by atoms with Crippen LogP contribution in [0.4, 0.5) is 0 Å². The molecule has 0 saturated carbocycles. The summed E-state index contributed by atoms with van der Waals surface area (Å²) in [7, 11) is 2.56. The van der Waals surface area contributed by atoms with E-state index >= 15 is 0 Å². The third-order valence-electron chi connectivity index (χ3n) is 6.54. The molecule has 3 N–H and O–H groups in total. The minimum absolute atomic E-state index is 0.0301. The van der Waals surface area contributed by atoms with Crippen LogP contribution in [-0.2, 0) is 17.6 Å². The summed E-state index contributed by atoms with van der Waals surface area (Å²) >= 11 is 0. The number of carbonyl (C=O) groups is 3. The molecule has 0 bridgehead atoms. The summed E-state index contributed by atoms with van der Waals surface area (Å²) < 4.78 is 9.92. The van der Waals surface area contributed by atoms with Crippen LogP contribution in [0, 0.1) is 6.92 Å². The second-order valence-electron chi connectivity index (χ2n) is 8.35. The Bertz CT molecular complexity index is 1460. The highest BCUT2D eigenvalue weighted by Crippen LogP contribution is 2.50. The van der Waals surface area contributed by atoms with Crippen molar-refractivity contribution in [3.8, 4) is 34.1 Å². The summed E-state index contributed by atoms with van der Waals surface area (Å²) in [6, 6.07) is 5.84. The second kappa shape index (κ2) is 7.34. The van der Waals surface area contributed by atoms with Crippen molar-refractivity contribution in [2.75, 3.05) is 14.2 Å². The number of phenolic OH excluding ortho intramolecular Hbond substituents is 3. The number of aryl methyl sites for hydroxylation is 3. The molecule has 8 nitrogen and oxygen atoms in total. The fourth-order valence-electron chi connectivity index (χ4n) is 4.99. The Morgan fingerprint density at radius 2 is 1.38 bits per heavy atom. The van der Waals surface area contributed by atoms with E-state index in [4.69, 9.17) is 9.47 Å². The Morgan fingerprint density at radius 1 is 0.794 bits per heavy atom. The van der Waals surface area contributed by atoms with Crippen molar-refractivity contribution in [3.63, 3.8) is 0 Å². The van der Waals surface area contributed by atoms with Crippen molar-refractivity contribution < 1.29 is 39.2 Å². The maximum absolute atomic E-state index is 13.4. The fraction of sp³-hybridized carbons (Fsp3) is 0.192. The van der Waals surface area contributed by atoms with Gasteiger partial charge in [-0.25, -0.2) is 4.79 Å². The van der Waals surface area contributed by atoms with Gasteiger partial charge in [-0.15, -0.1) is 0 Å². The summed E-state index contributed by atoms with van der Waals surface area (Å²) in [6.45, 7) is 1.67. The van der Waals surface area contributed by atoms with Crippen LogP contribution < -0.4 is 4.74 Å². The van der Waals surface area contributed by atoms with Gasteiger partial charge in [-0.05, 0) is 48.6 Å². The number of benzene rings is 3. The zero-order valence-corrected chi connectivity index (χ0v) is 18.6. The van der Waals surface area contributed by atoms with Crippen LogP contribution in [0.5, 0.6) is 23.0 Å². The molecule has 172 valence electrons. The van der Waals surface area contributed by atoms with Gasteiger partial charge < -0.3 is 24.8 Å². The molecule has 0 saturated heterocycles. The lowest BCUT2D eigenvalue weighted by Crippen LogP contribution is -2.23. The molecular formula is C26H20O8. The van der Waals surface area contributed by atoms with E-state index in [1.807, 2.05) is 0 Å². The predicted molar refractivity (Wildman–Crippen MR) is 120 cm³/mol. The van der Waals surface area contributed by atoms with E-state index in [2.05, 4.69) is 0 Å². The third-order valence-corrected chi connectivity index (χ3v) is 6.54. The quantitative estimate of drug-likeness (QED) is 0.388. The van der Waals surface area contributed by atoms with Crippen LogP contribution in [0.2, 0.25) is 0 Å². The molecule has 0 spiro atoms. The lowest BCUT2D eigenvalue weighted by atomic mass is 9.76. The average molecular weight is 460 g/mol. The molecule has 0 aromatic heterocycles. The highest BCUT2D eigenvalue weighted by molar-refractivity contribution is 6.31. The van der Waals surface area contributed by atoms with Crippen LogP contribution in [0.25, 0.3) is 11.1 Å². The minimum Gasteiger partial charge on any atom is -0.507 e. The van der Waals surface area contributed by atoms with Crippen molar-refractivity contribution in [1.82, 2.24) is 0 Å². The van der Waals surface area contributed by atoms with E-state index < -0.39 is 29.0 Å². The van der Waals surface area contributed by atoms with E-state index in [1.54, 1.807) is 13.0 Å². The SMILES string of the molecule is COC(=O)c1c(C)cc2c(c1O)-c1c(cc3c(c1O)C(=O)c1cc(OC)cc(O)c1C3=O)CC2. The first kappa shape index (κ1) is 21.5. The molecule has 2 aliphatic rings. The third kappa shape index (κ3) is 2.75. The minimum atomic E-state index is -0.731. The molecule has 0 fully saturated rings. The first-order valence-corrected chi connectivity index (χ1v) is 10.5. The largest absolute Gasteiger partial charge is 0.507 e. The van der Waals surface area contributed by atoms with E-state index in [0.717, 1.165) is 0 Å². The summed E-state index contributed by atoms with van der Waals surface area (Å²) in [5.74, 6) is -3.02. The predicted octanol–water partition coefficient (Wildman–Crippen LogP) is 3.45. The number of aromatic hydroxyl groups is 3. The summed E-state index contributed by atoms with van der Waals surface area (Å²) in [5, 5.41) is 32.8. The molecule has 2 aliphatic carbocycles. The van der Waals surface area contributed by atoms with Crippen molar-refractivity contribution in [1.29, 1.82) is 0 Å². The summed E-state index contributed by atoms with van der Waals surface area (Å²) in [4.78, 5) is 39.0. The number of ether oxygens (including phenoxy) is 2. The van der Waals surface area contributed by atoms with Gasteiger partial charge in [-0.3, -0.25) is 9.59 Å². The lowest BCUT2D eigenvalue weighted by molar-refractivity contribution is 0.0596. The lowest BCUT2D eigenvalue weighted by Gasteiger charge is -2.28. The normalized spacial score (nSPS) is 13.5. The van der Waals surface area contributed by atoms with E-state index in [1.165, 1.54) is 32.4 Å². The van der Waals surface area contributed by atoms with Crippen LogP contribution in [0.15, 0.2) is 24.3 Å². The van der Waals surface area contributed by atoms with Gasteiger partial charge >= 0.3 is 5.97 Å². The highest BCUT2D eigenvalue weighted by atomic mass is 16.5. The first-order valence-electron chi connectivity index (χ1n) is 10.5. The molecule has 0 heterocycles. The van der Waals surface area contributed by atoms with Gasteiger partial charge in [-0.1, -0.05) is 6.07 Å². The van der Waals surface area contributed by atoms with Crippen molar-refractivity contribution in [2.45, 2.75) is 19.8 Å². The van der Waals surface area contributed by atoms with Crippen LogP contribution >= 0.6 is 0 Å². The Morgan fingerprint density at radius 3 is 2.03 bits per heavy atom. The Balaban J connectivity index is 1.81. The Kier molecular flexibility index (Phi) is 4.65. The van der Waals surface area contributed by atoms with Gasteiger partial charge in [0.1, 0.15) is 28.6 Å². The monoisotopic (exact) mass is 460 g/mol. The fourth-order valence-corrected chi connectivity index (χ4v) is 4.99. The summed E-state index contributed by atoms with van der Waals surface area (Å²) in [5.41, 5.74) is 1.64. The zero-order chi connectivity index (χ0) is 24.5. The number of carbonyl (C=O) groups excluding carboxylic acids is 3. The molecule has 5 rings (SSSR count). The molecule has 0 radical (unpaired) electrons. The first-order chi connectivity index (χ1) is 16.2. The number of rotatable bonds is 2. The zero-order valence-electron chi connectivity index (χ0n) is 18.6. The second-order valence-corrected chi connectivity index (χ2v) is 8.35. The maximum atomic E-state index is 13.4. The van der Waals surface area contributed by atoms with E-state index in [-0.39, 0.29) is 50.4 Å². The number of ketones is 2. The molecule has 0 atom stereocenters. The van der Waals surface area contributed by atoms with Gasteiger partial charge in [-0.2, -0.15) is 0 Å². The van der Waals surface area contributed by atoms with Gasteiger partial charge in [0.05, 0.1) is 25.3 Å². The van der Waals surface area contributed by atoms with Crippen LogP contribution in [-0.4, -0.2) is 47.1 Å². The maximum Gasteiger partial charge on any atom is 0.341 e. The summed E-state index contributed by atoms with van der Waals surface area (Å²) in [6.07, 6.45) is 0.917. The van der Waals surface area contributed by atoms with Gasteiger partial charge in [0.25, 0.3) is 0 Å². The average Bonchev–Trinajstić information content (AvgIpc) is 2.81. The van der Waals surface area contributed by atoms with Crippen LogP contribution in [0.3, 0.4) is 0 Å². The molecule has 8 heteroatoms. The van der Waals surface area contributed by atoms with E-state index in [0.29, 0.717) is 29.5 Å². The molecule has 3 aromatic carbocycles. The van der Waals surface area contributed by atoms with Crippen molar-refractivity contribution in [3.05, 3.63) is 68.8 Å². The number of esters is 1. The smallest absolute Gasteiger partial charge is 0.341 e. The molecule has 0 aliphatic heterocycles. The number of methoxy groups -OCH3 is 2. The highest BCUT2D eigenvalue weighted by Gasteiger charge is 2.39. The van der Waals surface area contributed by atoms with Gasteiger partial charge in [0.2, 0.25) is 0 Å². The molecule has 34 heavy (non-hydrogen) atoms. The number of hydrogen-bond donors (Lipinski definition) is 3. The van der Waals surface area contributed by atoms with Crippen molar-refractivity contribution >= 4 is 17.5 Å². The number of phenols is 3. The standard InChI is InChI=1S/C26H20O8/c1-10-6-11-4-5-12-7-14-21(25(31)19(12)18(11)24(30)17(10)26(32)34-3)23(29)15-8-13(33-2)9-16(27)20(15)22(14)28/h6-9,27,30-31H,4-5H2,1-3H3. The Hall–Kier alpha value is -4.33. The topological polar surface area (TPSA) is 130 Å². The van der Waals surface area contributed by atoms with Gasteiger partial charge in [0.15, 0.2) is 11.6 Å². The Labute approximate surface area is 194 Å². The molecule has 0 unspecified atom stereocenters. The van der Waals surface area contributed by atoms with Gasteiger partial charge in [0, 0.05) is 28.3 Å². The number of hydrogen-bond acceptors (Lipinski definition) is 8. The van der Waals surface area contributed by atoms with Crippen molar-refractivity contribution in [2.24, 2.45) is 0 Å². The molecular weight excluding hydrogens is 440 g/mol. The number of fused-ring (bicyclic) bond motifs is 5.